The van der Waals surface area contributed by atoms with Gasteiger partial charge in [-0.1, -0.05) is 0 Å². The standard InChI is InChI=1S/C11H15N3O2.U/c1-7(14-11(2)5-12-6-11)8-3-4-9(15)13-10(8)16;/h8,12H,1-6H2,(H,13,15,16);/q-2;+2. The molecule has 2 aliphatic heterocycles. The van der Waals surface area contributed by atoms with Crippen LogP contribution in [0.15, 0.2) is 4.99 Å². The van der Waals surface area contributed by atoms with Crippen molar-refractivity contribution in [2.24, 2.45) is 10.9 Å². The smallest absolute Gasteiger partial charge is 0.360 e. The van der Waals surface area contributed by atoms with Crippen LogP contribution in [0.4, 0.5) is 0 Å². The summed E-state index contributed by atoms with van der Waals surface area (Å²) < 4.78 is 0. The van der Waals surface area contributed by atoms with E-state index in [0.717, 1.165) is 0 Å². The van der Waals surface area contributed by atoms with E-state index in [1.165, 1.54) is 0 Å². The largest absolute Gasteiger partial charge is 2.00 e. The zero-order valence-electron chi connectivity index (χ0n) is 9.58. The van der Waals surface area contributed by atoms with Crippen LogP contribution in [0, 0.1) is 50.9 Å². The number of amides is 2. The van der Waals surface area contributed by atoms with Gasteiger partial charge in [0.25, 0.3) is 0 Å². The predicted molar refractivity (Wildman–Crippen MR) is 59.6 cm³/mol. The van der Waals surface area contributed by atoms with Gasteiger partial charge in [0.05, 0.1) is 0 Å². The van der Waals surface area contributed by atoms with E-state index in [1.807, 2.05) is 0 Å². The van der Waals surface area contributed by atoms with Crippen molar-refractivity contribution in [1.82, 2.24) is 10.6 Å². The van der Waals surface area contributed by atoms with Gasteiger partial charge in [0.2, 0.25) is 11.8 Å². The number of piperidine rings is 1. The number of hydrogen-bond acceptors (Lipinski definition) is 4. The molecular formula is C11H15N3O2U. The number of aliphatic imine (C=N–C) groups is 1. The second-order valence-electron chi connectivity index (χ2n) is 4.43. The van der Waals surface area contributed by atoms with Crippen molar-refractivity contribution < 1.29 is 40.7 Å². The van der Waals surface area contributed by atoms with E-state index < -0.39 is 0 Å². The molecule has 17 heavy (non-hydrogen) atoms. The number of hydrogen-bond donors (Lipinski definition) is 2. The molecule has 0 bridgehead atoms. The van der Waals surface area contributed by atoms with E-state index in [-0.39, 0.29) is 54.4 Å². The van der Waals surface area contributed by atoms with Gasteiger partial charge in [-0.05, 0) is 25.0 Å². The quantitative estimate of drug-likeness (QED) is 0.332. The van der Waals surface area contributed by atoms with Gasteiger partial charge in [-0.15, -0.1) is 5.71 Å². The van der Waals surface area contributed by atoms with Crippen LogP contribution in [0.25, 0.3) is 0 Å². The van der Waals surface area contributed by atoms with E-state index >= 15 is 0 Å². The van der Waals surface area contributed by atoms with Crippen LogP contribution in [-0.2, 0) is 9.59 Å². The molecule has 0 saturated carbocycles. The summed E-state index contributed by atoms with van der Waals surface area (Å²) in [7, 11) is 0. The van der Waals surface area contributed by atoms with E-state index in [4.69, 9.17) is 0 Å². The maximum absolute atomic E-state index is 11.5. The first-order chi connectivity index (χ1) is 7.50. The van der Waals surface area contributed by atoms with Crippen LogP contribution in [0.1, 0.15) is 12.8 Å². The molecule has 2 N–H and O–H groups in total. The van der Waals surface area contributed by atoms with Gasteiger partial charge in [0.1, 0.15) is 0 Å². The molecule has 0 aliphatic carbocycles. The van der Waals surface area contributed by atoms with Gasteiger partial charge in [-0.25, -0.2) is 0 Å². The van der Waals surface area contributed by atoms with Crippen molar-refractivity contribution in [1.29, 1.82) is 0 Å². The van der Waals surface area contributed by atoms with E-state index in [2.05, 4.69) is 29.5 Å². The minimum absolute atomic E-state index is 0. The zero-order valence-corrected chi connectivity index (χ0v) is 13.7. The number of nitrogens with one attached hydrogen (secondary N) is 2. The summed E-state index contributed by atoms with van der Waals surface area (Å²) in [4.78, 5) is 26.9. The van der Waals surface area contributed by atoms with Crippen LogP contribution in [0.3, 0.4) is 0 Å². The summed E-state index contributed by atoms with van der Waals surface area (Å²) in [5, 5.41) is 5.37. The molecule has 2 amide bonds. The normalized spacial score (nSPS) is 27.8. The molecule has 6 heteroatoms. The Bertz CT molecular complexity index is 364. The van der Waals surface area contributed by atoms with Crippen molar-refractivity contribution in [2.75, 3.05) is 13.1 Å². The third-order valence-corrected chi connectivity index (χ3v) is 2.93. The summed E-state index contributed by atoms with van der Waals surface area (Å²) in [5.74, 6) is -0.887. The van der Waals surface area contributed by atoms with Crippen LogP contribution >= 0.6 is 0 Å². The SMILES string of the molecule is [CH2-]C(=NC1([CH2-])CNC1)C1CCC(=O)NC1=O.[U+2]. The average molecular weight is 459 g/mol. The molecule has 90 valence electrons. The number of carbonyl (C=O) groups excluding carboxylic acids is 2. The molecule has 2 rings (SSSR count). The maximum atomic E-state index is 11.5. The van der Waals surface area contributed by atoms with Crippen LogP contribution in [-0.4, -0.2) is 36.2 Å². The molecule has 2 heterocycles. The van der Waals surface area contributed by atoms with Crippen molar-refractivity contribution >= 4 is 17.5 Å². The molecule has 5 nitrogen and oxygen atoms in total. The maximum Gasteiger partial charge on any atom is 2.00 e. The molecular weight excluding hydrogens is 444 g/mol. The zero-order chi connectivity index (χ0) is 11.8. The van der Waals surface area contributed by atoms with Gasteiger partial charge >= 0.3 is 31.1 Å². The predicted octanol–water partition coefficient (Wildman–Crippen LogP) is -0.510. The second kappa shape index (κ2) is 5.56. The molecule has 2 aliphatic rings. The van der Waals surface area contributed by atoms with Crippen LogP contribution in [0.5, 0.6) is 0 Å². The molecule has 0 spiro atoms. The summed E-state index contributed by atoms with van der Waals surface area (Å²) in [5.41, 5.74) is 0.153. The van der Waals surface area contributed by atoms with Gasteiger partial charge < -0.3 is 24.2 Å². The molecule has 0 aromatic rings. The first-order valence-corrected chi connectivity index (χ1v) is 5.32. The van der Waals surface area contributed by atoms with Gasteiger partial charge in [-0.2, -0.15) is 0 Å². The monoisotopic (exact) mass is 459 g/mol. The molecule has 0 aromatic heterocycles. The van der Waals surface area contributed by atoms with Gasteiger partial charge in [0, 0.05) is 12.3 Å². The van der Waals surface area contributed by atoms with Crippen molar-refractivity contribution in [3.05, 3.63) is 13.8 Å². The van der Waals surface area contributed by atoms with Crippen molar-refractivity contribution in [3.8, 4) is 0 Å². The fourth-order valence-electron chi connectivity index (χ4n) is 1.89. The molecule has 1 atom stereocenters. The topological polar surface area (TPSA) is 70.6 Å². The molecule has 2 saturated heterocycles. The fourth-order valence-corrected chi connectivity index (χ4v) is 1.89. The summed E-state index contributed by atoms with van der Waals surface area (Å²) in [6.07, 6.45) is 0.851. The Balaban J connectivity index is 0.00000144. The average Bonchev–Trinajstić information content (AvgIpc) is 2.14. The first kappa shape index (κ1) is 14.8. The van der Waals surface area contributed by atoms with Gasteiger partial charge in [-0.3, -0.25) is 14.9 Å². The summed E-state index contributed by atoms with van der Waals surface area (Å²) >= 11 is 0. The molecule has 0 aromatic carbocycles. The molecule has 1 unspecified atom stereocenters. The number of carbonyl (C=O) groups is 2. The minimum Gasteiger partial charge on any atom is -0.360 e. The van der Waals surface area contributed by atoms with Crippen molar-refractivity contribution in [3.63, 3.8) is 0 Å². The Morgan fingerprint density at radius 3 is 2.53 bits per heavy atom. The van der Waals surface area contributed by atoms with Crippen LogP contribution < -0.4 is 10.6 Å². The Kier molecular flexibility index (Phi) is 4.82. The third-order valence-electron chi connectivity index (χ3n) is 2.93. The summed E-state index contributed by atoms with van der Waals surface area (Å²) in [6, 6.07) is 0. The Hall–Kier alpha value is -0.308. The third kappa shape index (κ3) is 3.34. The van der Waals surface area contributed by atoms with Crippen molar-refractivity contribution in [2.45, 2.75) is 18.4 Å². The Labute approximate surface area is 125 Å². The van der Waals surface area contributed by atoms with Gasteiger partial charge in [0.15, 0.2) is 0 Å². The van der Waals surface area contributed by atoms with E-state index in [0.29, 0.717) is 31.6 Å². The molecule has 0 radical (unpaired) electrons. The Morgan fingerprint density at radius 1 is 1.41 bits per heavy atom. The summed E-state index contributed by atoms with van der Waals surface area (Å²) in [6.45, 7) is 9.19. The van der Waals surface area contributed by atoms with E-state index in [9.17, 15) is 9.59 Å². The fraction of sp³-hybridized carbons (Fsp3) is 0.545. The number of imide groups is 1. The van der Waals surface area contributed by atoms with E-state index in [1.54, 1.807) is 0 Å². The minimum atomic E-state index is -0.378. The Morgan fingerprint density at radius 2 is 2.06 bits per heavy atom. The first-order valence-electron chi connectivity index (χ1n) is 5.32. The van der Waals surface area contributed by atoms with Crippen LogP contribution in [0.2, 0.25) is 0 Å². The number of nitrogens with zero attached hydrogens (tertiary/aromatic N) is 1. The second-order valence-corrected chi connectivity index (χ2v) is 4.43. The number of rotatable bonds is 2. The molecule has 2 fully saturated rings.